The number of hydrogen-bond donors (Lipinski definition) is 3. The smallest absolute Gasteiger partial charge is 0.119 e. The molecule has 1 aromatic carbocycles. The summed E-state index contributed by atoms with van der Waals surface area (Å²) in [6, 6.07) is 7.91. The summed E-state index contributed by atoms with van der Waals surface area (Å²) >= 11 is 0. The van der Waals surface area contributed by atoms with E-state index >= 15 is 0 Å². The van der Waals surface area contributed by atoms with Gasteiger partial charge in [-0.25, -0.2) is 0 Å². The van der Waals surface area contributed by atoms with Crippen LogP contribution in [0.2, 0.25) is 0 Å². The third kappa shape index (κ3) is 6.37. The first-order valence-electron chi connectivity index (χ1n) is 7.22. The summed E-state index contributed by atoms with van der Waals surface area (Å²) in [6.45, 7) is 6.95. The zero-order valence-electron chi connectivity index (χ0n) is 12.7. The molecule has 0 amide bonds. The molecule has 1 atom stereocenters. The third-order valence-electron chi connectivity index (χ3n) is 3.33. The molecule has 0 saturated heterocycles. The van der Waals surface area contributed by atoms with Gasteiger partial charge in [0, 0.05) is 18.7 Å². The number of β-amino-alcohol motifs (C(OH)–C–C–N with tert-alkyl or cyclic N) is 1. The van der Waals surface area contributed by atoms with E-state index in [2.05, 4.69) is 12.2 Å². The maximum atomic E-state index is 9.89. The Kier molecular flexibility index (Phi) is 6.99. The second kappa shape index (κ2) is 8.25. The predicted molar refractivity (Wildman–Crippen MR) is 81.1 cm³/mol. The third-order valence-corrected chi connectivity index (χ3v) is 3.33. The van der Waals surface area contributed by atoms with Gasteiger partial charge in [0.15, 0.2) is 0 Å². The summed E-state index contributed by atoms with van der Waals surface area (Å²) < 4.78 is 5.55. The van der Waals surface area contributed by atoms with Crippen molar-refractivity contribution in [3.05, 3.63) is 29.8 Å². The Morgan fingerprint density at radius 3 is 2.45 bits per heavy atom. The van der Waals surface area contributed by atoms with Crippen LogP contribution < -0.4 is 10.1 Å². The van der Waals surface area contributed by atoms with Gasteiger partial charge in [-0.05, 0) is 44.4 Å². The molecule has 0 heterocycles. The fraction of sp³-hybridized carbons (Fsp3) is 0.625. The van der Waals surface area contributed by atoms with E-state index in [1.807, 2.05) is 38.1 Å². The van der Waals surface area contributed by atoms with Crippen molar-refractivity contribution in [2.45, 2.75) is 45.3 Å². The molecule has 3 N–H and O–H groups in total. The number of benzene rings is 1. The van der Waals surface area contributed by atoms with E-state index in [4.69, 9.17) is 9.84 Å². The standard InChI is InChI=1S/C16H27NO3/c1-4-13-5-7-15(8-6-13)20-12-14(19)11-17-16(2,3)9-10-18/h5-8,14,17-19H,4,9-12H2,1-3H3. The lowest BCUT2D eigenvalue weighted by atomic mass is 10.0. The van der Waals surface area contributed by atoms with Crippen LogP contribution in [0.25, 0.3) is 0 Å². The van der Waals surface area contributed by atoms with Gasteiger partial charge < -0.3 is 20.3 Å². The van der Waals surface area contributed by atoms with Crippen LogP contribution in [0.5, 0.6) is 5.75 Å². The Hall–Kier alpha value is -1.10. The first kappa shape index (κ1) is 17.0. The Morgan fingerprint density at radius 1 is 1.25 bits per heavy atom. The molecule has 114 valence electrons. The number of rotatable bonds is 9. The van der Waals surface area contributed by atoms with Gasteiger partial charge in [-0.15, -0.1) is 0 Å². The number of ether oxygens (including phenoxy) is 1. The van der Waals surface area contributed by atoms with Gasteiger partial charge in [0.05, 0.1) is 0 Å². The Balaban J connectivity index is 2.30. The summed E-state index contributed by atoms with van der Waals surface area (Å²) in [4.78, 5) is 0. The van der Waals surface area contributed by atoms with E-state index in [0.29, 0.717) is 13.0 Å². The molecular weight excluding hydrogens is 254 g/mol. The minimum absolute atomic E-state index is 0.135. The van der Waals surface area contributed by atoms with Crippen molar-refractivity contribution < 1.29 is 14.9 Å². The van der Waals surface area contributed by atoms with E-state index < -0.39 is 6.10 Å². The zero-order valence-corrected chi connectivity index (χ0v) is 12.7. The lowest BCUT2D eigenvalue weighted by molar-refractivity contribution is 0.0960. The predicted octanol–water partition coefficient (Wildman–Crippen LogP) is 1.74. The average molecular weight is 281 g/mol. The monoisotopic (exact) mass is 281 g/mol. The molecule has 0 aromatic heterocycles. The van der Waals surface area contributed by atoms with Gasteiger partial charge in [0.25, 0.3) is 0 Å². The van der Waals surface area contributed by atoms with Gasteiger partial charge in [-0.3, -0.25) is 0 Å². The van der Waals surface area contributed by atoms with E-state index in [9.17, 15) is 5.11 Å². The van der Waals surface area contributed by atoms with Crippen LogP contribution in [0.15, 0.2) is 24.3 Å². The SMILES string of the molecule is CCc1ccc(OCC(O)CNC(C)(C)CCO)cc1. The van der Waals surface area contributed by atoms with Crippen LogP contribution in [-0.4, -0.2) is 41.6 Å². The minimum Gasteiger partial charge on any atom is -0.491 e. The fourth-order valence-electron chi connectivity index (χ4n) is 1.83. The van der Waals surface area contributed by atoms with Crippen molar-refractivity contribution in [1.82, 2.24) is 5.32 Å². The molecule has 0 aliphatic carbocycles. The second-order valence-electron chi connectivity index (χ2n) is 5.70. The Morgan fingerprint density at radius 2 is 1.90 bits per heavy atom. The van der Waals surface area contributed by atoms with Gasteiger partial charge in [0.2, 0.25) is 0 Å². The highest BCUT2D eigenvalue weighted by atomic mass is 16.5. The molecule has 1 aromatic rings. The molecule has 1 rings (SSSR count). The molecule has 4 heteroatoms. The molecule has 1 unspecified atom stereocenters. The second-order valence-corrected chi connectivity index (χ2v) is 5.70. The maximum Gasteiger partial charge on any atom is 0.119 e. The van der Waals surface area contributed by atoms with Crippen LogP contribution in [0.1, 0.15) is 32.8 Å². The maximum absolute atomic E-state index is 9.89. The van der Waals surface area contributed by atoms with Crippen molar-refractivity contribution in [2.24, 2.45) is 0 Å². The van der Waals surface area contributed by atoms with E-state index in [-0.39, 0.29) is 18.8 Å². The fourth-order valence-corrected chi connectivity index (χ4v) is 1.83. The zero-order chi connectivity index (χ0) is 15.0. The molecule has 20 heavy (non-hydrogen) atoms. The quantitative estimate of drug-likeness (QED) is 0.645. The number of nitrogens with one attached hydrogen (secondary N) is 1. The number of aliphatic hydroxyl groups is 2. The van der Waals surface area contributed by atoms with Gasteiger partial charge in [-0.2, -0.15) is 0 Å². The number of aliphatic hydroxyl groups excluding tert-OH is 2. The molecule has 4 nitrogen and oxygen atoms in total. The highest BCUT2D eigenvalue weighted by Crippen LogP contribution is 2.13. The van der Waals surface area contributed by atoms with Crippen LogP contribution in [-0.2, 0) is 6.42 Å². The highest BCUT2D eigenvalue weighted by molar-refractivity contribution is 5.27. The number of hydrogen-bond acceptors (Lipinski definition) is 4. The average Bonchev–Trinajstić information content (AvgIpc) is 2.43. The molecular formula is C16H27NO3. The summed E-state index contributed by atoms with van der Waals surface area (Å²) in [5.74, 6) is 0.774. The highest BCUT2D eigenvalue weighted by Gasteiger charge is 2.17. The van der Waals surface area contributed by atoms with Crippen molar-refractivity contribution in [3.8, 4) is 5.75 Å². The van der Waals surface area contributed by atoms with Crippen molar-refractivity contribution in [2.75, 3.05) is 19.8 Å². The lowest BCUT2D eigenvalue weighted by Crippen LogP contribution is -2.45. The summed E-state index contributed by atoms with van der Waals surface area (Å²) in [6.07, 6.45) is 1.09. The first-order chi connectivity index (χ1) is 9.46. The molecule has 0 spiro atoms. The molecule has 0 bridgehead atoms. The summed E-state index contributed by atoms with van der Waals surface area (Å²) in [7, 11) is 0. The van der Waals surface area contributed by atoms with Crippen LogP contribution in [0.4, 0.5) is 0 Å². The van der Waals surface area contributed by atoms with E-state index in [1.54, 1.807) is 0 Å². The molecule has 0 fully saturated rings. The van der Waals surface area contributed by atoms with E-state index in [1.165, 1.54) is 5.56 Å². The molecule has 0 radical (unpaired) electrons. The lowest BCUT2D eigenvalue weighted by Gasteiger charge is -2.27. The van der Waals surface area contributed by atoms with Gasteiger partial charge in [0.1, 0.15) is 18.5 Å². The summed E-state index contributed by atoms with van der Waals surface area (Å²) in [5, 5.41) is 22.1. The Bertz CT molecular complexity index is 376. The van der Waals surface area contributed by atoms with Crippen molar-refractivity contribution in [3.63, 3.8) is 0 Å². The van der Waals surface area contributed by atoms with Crippen LogP contribution in [0.3, 0.4) is 0 Å². The van der Waals surface area contributed by atoms with Crippen LogP contribution >= 0.6 is 0 Å². The van der Waals surface area contributed by atoms with Gasteiger partial charge >= 0.3 is 0 Å². The van der Waals surface area contributed by atoms with Crippen molar-refractivity contribution >= 4 is 0 Å². The van der Waals surface area contributed by atoms with E-state index in [0.717, 1.165) is 12.2 Å². The molecule has 0 aliphatic heterocycles. The van der Waals surface area contributed by atoms with Gasteiger partial charge in [-0.1, -0.05) is 19.1 Å². The largest absolute Gasteiger partial charge is 0.491 e. The normalized spacial score (nSPS) is 13.2. The minimum atomic E-state index is -0.571. The van der Waals surface area contributed by atoms with Crippen LogP contribution in [0, 0.1) is 0 Å². The van der Waals surface area contributed by atoms with Crippen molar-refractivity contribution in [1.29, 1.82) is 0 Å². The first-order valence-corrected chi connectivity index (χ1v) is 7.22. The number of aryl methyl sites for hydroxylation is 1. The Labute approximate surface area is 121 Å². The molecule has 0 aliphatic rings. The summed E-state index contributed by atoms with van der Waals surface area (Å²) in [5.41, 5.74) is 1.09. The topological polar surface area (TPSA) is 61.7 Å². The molecule has 0 saturated carbocycles.